The largest absolute Gasteiger partial charge is 0.418 e. The molecule has 1 aromatic rings. The predicted octanol–water partition coefficient (Wildman–Crippen LogP) is 5.51. The van der Waals surface area contributed by atoms with Gasteiger partial charge in [0.2, 0.25) is 5.91 Å². The molecule has 0 heterocycles. The van der Waals surface area contributed by atoms with Gasteiger partial charge in [-0.2, -0.15) is 13.2 Å². The first-order chi connectivity index (χ1) is 9.79. The third kappa shape index (κ3) is 5.23. The number of halogens is 4. The second-order valence-electron chi connectivity index (χ2n) is 4.92. The summed E-state index contributed by atoms with van der Waals surface area (Å²) in [6, 6.07) is 3.35. The van der Waals surface area contributed by atoms with Gasteiger partial charge in [0.15, 0.2) is 0 Å². The number of carbonyl (C=O) groups is 1. The van der Waals surface area contributed by atoms with Crippen LogP contribution in [-0.2, 0) is 11.0 Å². The minimum absolute atomic E-state index is 0.0154. The van der Waals surface area contributed by atoms with Gasteiger partial charge in [-0.1, -0.05) is 38.3 Å². The number of hydrogen-bond acceptors (Lipinski definition) is 1. The van der Waals surface area contributed by atoms with Crippen LogP contribution in [0.25, 0.3) is 0 Å². The van der Waals surface area contributed by atoms with E-state index in [2.05, 4.69) is 5.32 Å². The van der Waals surface area contributed by atoms with Crippen LogP contribution in [0.5, 0.6) is 0 Å². The number of nitrogens with one attached hydrogen (secondary N) is 1. The zero-order valence-electron chi connectivity index (χ0n) is 12.1. The van der Waals surface area contributed by atoms with Crippen LogP contribution in [0.4, 0.5) is 18.9 Å². The lowest BCUT2D eigenvalue weighted by molar-refractivity contribution is -0.137. The van der Waals surface area contributed by atoms with Gasteiger partial charge in [0.1, 0.15) is 0 Å². The molecule has 2 nitrogen and oxygen atoms in total. The van der Waals surface area contributed by atoms with Crippen molar-refractivity contribution in [3.8, 4) is 0 Å². The van der Waals surface area contributed by atoms with Crippen LogP contribution in [0, 0.1) is 5.92 Å². The Morgan fingerprint density at radius 2 is 2.00 bits per heavy atom. The Morgan fingerprint density at radius 3 is 2.52 bits per heavy atom. The van der Waals surface area contributed by atoms with Gasteiger partial charge in [-0.15, -0.1) is 0 Å². The molecule has 118 valence electrons. The third-order valence-electron chi connectivity index (χ3n) is 3.31. The van der Waals surface area contributed by atoms with Crippen LogP contribution in [0.2, 0.25) is 5.02 Å². The van der Waals surface area contributed by atoms with Crippen molar-refractivity contribution in [3.63, 3.8) is 0 Å². The van der Waals surface area contributed by atoms with Gasteiger partial charge in [0.25, 0.3) is 0 Å². The van der Waals surface area contributed by atoms with E-state index in [1.54, 1.807) is 0 Å². The zero-order valence-corrected chi connectivity index (χ0v) is 12.8. The van der Waals surface area contributed by atoms with E-state index in [-0.39, 0.29) is 22.5 Å². The maximum Gasteiger partial charge on any atom is 0.418 e. The van der Waals surface area contributed by atoms with E-state index < -0.39 is 11.7 Å². The minimum atomic E-state index is -4.56. The molecule has 0 saturated heterocycles. The quantitative estimate of drug-likeness (QED) is 0.735. The highest BCUT2D eigenvalue weighted by Crippen LogP contribution is 2.36. The highest BCUT2D eigenvalue weighted by Gasteiger charge is 2.34. The number of hydrogen-bond donors (Lipinski definition) is 1. The molecular weight excluding hydrogens is 303 g/mol. The monoisotopic (exact) mass is 321 g/mol. The number of amides is 1. The maximum atomic E-state index is 13.0. The van der Waals surface area contributed by atoms with Crippen molar-refractivity contribution in [1.29, 1.82) is 0 Å². The van der Waals surface area contributed by atoms with E-state index in [4.69, 9.17) is 11.6 Å². The molecule has 21 heavy (non-hydrogen) atoms. The Hall–Kier alpha value is -1.23. The van der Waals surface area contributed by atoms with Crippen LogP contribution in [0.3, 0.4) is 0 Å². The molecule has 0 aliphatic rings. The lowest BCUT2D eigenvalue weighted by Gasteiger charge is -2.18. The van der Waals surface area contributed by atoms with E-state index >= 15 is 0 Å². The summed E-state index contributed by atoms with van der Waals surface area (Å²) in [6.45, 7) is 3.86. The molecule has 0 bridgehead atoms. The van der Waals surface area contributed by atoms with Crippen molar-refractivity contribution >= 4 is 23.2 Å². The fourth-order valence-electron chi connectivity index (χ4n) is 2.07. The molecular formula is C15H19ClF3NO. The van der Waals surface area contributed by atoms with Gasteiger partial charge in [0, 0.05) is 10.9 Å². The normalized spacial score (nSPS) is 13.0. The van der Waals surface area contributed by atoms with Crippen LogP contribution >= 0.6 is 11.6 Å². The van der Waals surface area contributed by atoms with E-state index in [9.17, 15) is 18.0 Å². The summed E-state index contributed by atoms with van der Waals surface area (Å²) in [5.74, 6) is -0.652. The molecule has 0 aliphatic heterocycles. The smallest absolute Gasteiger partial charge is 0.325 e. The van der Waals surface area contributed by atoms with Crippen LogP contribution in [0.15, 0.2) is 18.2 Å². The second kappa shape index (κ2) is 7.69. The van der Waals surface area contributed by atoms with Crippen molar-refractivity contribution < 1.29 is 18.0 Å². The average molecular weight is 322 g/mol. The minimum Gasteiger partial charge on any atom is -0.325 e. The fraction of sp³-hybridized carbons (Fsp3) is 0.533. The van der Waals surface area contributed by atoms with Crippen molar-refractivity contribution in [2.24, 2.45) is 5.92 Å². The van der Waals surface area contributed by atoms with Crippen molar-refractivity contribution in [1.82, 2.24) is 0 Å². The molecule has 0 saturated carbocycles. The summed E-state index contributed by atoms with van der Waals surface area (Å²) in [4.78, 5) is 12.1. The zero-order chi connectivity index (χ0) is 16.0. The second-order valence-corrected chi connectivity index (χ2v) is 5.36. The highest BCUT2D eigenvalue weighted by molar-refractivity contribution is 6.30. The van der Waals surface area contributed by atoms with E-state index in [1.807, 2.05) is 13.8 Å². The maximum absolute atomic E-state index is 13.0. The molecule has 1 aromatic carbocycles. The number of anilines is 1. The number of unbranched alkanes of at least 4 members (excludes halogenated alkanes) is 1. The van der Waals surface area contributed by atoms with E-state index in [0.717, 1.165) is 18.9 Å². The Labute approximate surface area is 127 Å². The SMILES string of the molecule is CCCCC(CC)C(=O)Nc1ccc(Cl)cc1C(F)(F)F. The number of rotatable bonds is 6. The molecule has 0 aromatic heterocycles. The first-order valence-electron chi connectivity index (χ1n) is 6.97. The summed E-state index contributed by atoms with van der Waals surface area (Å²) in [5, 5.41) is 2.37. The molecule has 6 heteroatoms. The third-order valence-corrected chi connectivity index (χ3v) is 3.55. The molecule has 1 amide bonds. The van der Waals surface area contributed by atoms with Crippen molar-refractivity contribution in [2.45, 2.75) is 45.7 Å². The Bertz CT molecular complexity index is 488. The standard InChI is InChI=1S/C15H19ClF3NO/c1-3-5-6-10(4-2)14(21)20-13-8-7-11(16)9-12(13)15(17,18)19/h7-10H,3-6H2,1-2H3,(H,20,21). The van der Waals surface area contributed by atoms with E-state index in [0.29, 0.717) is 12.8 Å². The van der Waals surface area contributed by atoms with Crippen LogP contribution in [0.1, 0.15) is 45.1 Å². The molecule has 1 N–H and O–H groups in total. The summed E-state index contributed by atoms with van der Waals surface area (Å²) in [5.41, 5.74) is -1.17. The summed E-state index contributed by atoms with van der Waals surface area (Å²) < 4.78 is 38.9. The molecule has 1 unspecified atom stereocenters. The Kier molecular flexibility index (Phi) is 6.52. The summed E-state index contributed by atoms with van der Waals surface area (Å²) in [7, 11) is 0. The van der Waals surface area contributed by atoms with Crippen molar-refractivity contribution in [2.75, 3.05) is 5.32 Å². The predicted molar refractivity (Wildman–Crippen MR) is 78.4 cm³/mol. The summed E-state index contributed by atoms with van der Waals surface area (Å²) in [6.07, 6.45) is -1.47. The number of benzene rings is 1. The van der Waals surface area contributed by atoms with Gasteiger partial charge in [-0.05, 0) is 31.0 Å². The van der Waals surface area contributed by atoms with Gasteiger partial charge in [-0.25, -0.2) is 0 Å². The number of alkyl halides is 3. The Morgan fingerprint density at radius 1 is 1.33 bits per heavy atom. The van der Waals surface area contributed by atoms with Gasteiger partial charge < -0.3 is 5.32 Å². The molecule has 1 atom stereocenters. The van der Waals surface area contributed by atoms with Crippen LogP contribution < -0.4 is 5.32 Å². The fourth-order valence-corrected chi connectivity index (χ4v) is 2.24. The highest BCUT2D eigenvalue weighted by atomic mass is 35.5. The van der Waals surface area contributed by atoms with Gasteiger partial charge >= 0.3 is 6.18 Å². The van der Waals surface area contributed by atoms with Crippen LogP contribution in [-0.4, -0.2) is 5.91 Å². The van der Waals surface area contributed by atoms with Gasteiger partial charge in [0.05, 0.1) is 11.3 Å². The molecule has 0 aliphatic carbocycles. The summed E-state index contributed by atoms with van der Waals surface area (Å²) >= 11 is 5.61. The first-order valence-corrected chi connectivity index (χ1v) is 7.35. The number of carbonyl (C=O) groups excluding carboxylic acids is 1. The molecule has 0 fully saturated rings. The Balaban J connectivity index is 2.94. The average Bonchev–Trinajstić information content (AvgIpc) is 2.40. The lowest BCUT2D eigenvalue weighted by Crippen LogP contribution is -2.24. The van der Waals surface area contributed by atoms with E-state index in [1.165, 1.54) is 12.1 Å². The molecule has 0 spiro atoms. The topological polar surface area (TPSA) is 29.1 Å². The van der Waals surface area contributed by atoms with Crippen molar-refractivity contribution in [3.05, 3.63) is 28.8 Å². The first kappa shape index (κ1) is 17.8. The molecule has 0 radical (unpaired) electrons. The lowest BCUT2D eigenvalue weighted by atomic mass is 9.98. The van der Waals surface area contributed by atoms with Gasteiger partial charge in [-0.3, -0.25) is 4.79 Å². The molecule has 1 rings (SSSR count).